The standard InChI is InChI=1S/C18H18N6O3S/c1-22-15(12(10-19)16(25)23(2)18(22)26)20-11-3-4-13-14(9-11)28-17(21-13)24-5-7-27-8-6-24/h3-4,9,20H,5-8H2,1-2H3. The number of aromatic nitrogens is 3. The Morgan fingerprint density at radius 1 is 1.21 bits per heavy atom. The minimum absolute atomic E-state index is 0.108. The fourth-order valence-electron chi connectivity index (χ4n) is 3.11. The van der Waals surface area contributed by atoms with Gasteiger partial charge in [0.2, 0.25) is 0 Å². The summed E-state index contributed by atoms with van der Waals surface area (Å²) in [6.45, 7) is 3.01. The fourth-order valence-corrected chi connectivity index (χ4v) is 4.16. The van der Waals surface area contributed by atoms with E-state index in [1.165, 1.54) is 18.7 Å². The normalized spacial score (nSPS) is 14.2. The van der Waals surface area contributed by atoms with Crippen LogP contribution in [0.2, 0.25) is 0 Å². The topological polar surface area (TPSA) is 105 Å². The van der Waals surface area contributed by atoms with Crippen LogP contribution in [0.3, 0.4) is 0 Å². The molecule has 3 aromatic rings. The predicted octanol–water partition coefficient (Wildman–Crippen LogP) is 1.15. The van der Waals surface area contributed by atoms with Crippen LogP contribution < -0.4 is 21.5 Å². The highest BCUT2D eigenvalue weighted by molar-refractivity contribution is 7.22. The second kappa shape index (κ2) is 7.10. The number of hydrogen-bond acceptors (Lipinski definition) is 8. The van der Waals surface area contributed by atoms with Crippen molar-refractivity contribution in [3.63, 3.8) is 0 Å². The molecule has 1 N–H and O–H groups in total. The molecule has 0 bridgehead atoms. The van der Waals surface area contributed by atoms with Crippen molar-refractivity contribution >= 4 is 38.2 Å². The summed E-state index contributed by atoms with van der Waals surface area (Å²) in [6, 6.07) is 7.49. The molecular weight excluding hydrogens is 380 g/mol. The van der Waals surface area contributed by atoms with Gasteiger partial charge in [-0.15, -0.1) is 0 Å². The highest BCUT2D eigenvalue weighted by Gasteiger charge is 2.17. The Bertz CT molecular complexity index is 1210. The lowest BCUT2D eigenvalue weighted by Crippen LogP contribution is -2.39. The SMILES string of the molecule is Cn1c(Nc2ccc3nc(N4CCOCC4)sc3c2)c(C#N)c(=O)n(C)c1=O. The third kappa shape index (κ3) is 3.04. The zero-order valence-electron chi connectivity index (χ0n) is 15.4. The number of nitrogens with one attached hydrogen (secondary N) is 1. The molecule has 0 unspecified atom stereocenters. The molecular formula is C18H18N6O3S. The summed E-state index contributed by atoms with van der Waals surface area (Å²) < 4.78 is 8.54. The number of benzene rings is 1. The number of rotatable bonds is 3. The lowest BCUT2D eigenvalue weighted by atomic mass is 10.2. The number of nitrogens with zero attached hydrogens (tertiary/aromatic N) is 5. The van der Waals surface area contributed by atoms with Crippen LogP contribution in [0, 0.1) is 11.3 Å². The van der Waals surface area contributed by atoms with Gasteiger partial charge in [0.25, 0.3) is 5.56 Å². The van der Waals surface area contributed by atoms with Crippen LogP contribution >= 0.6 is 11.3 Å². The molecule has 4 rings (SSSR count). The van der Waals surface area contributed by atoms with Gasteiger partial charge in [-0.3, -0.25) is 13.9 Å². The van der Waals surface area contributed by atoms with E-state index in [0.29, 0.717) is 18.9 Å². The van der Waals surface area contributed by atoms with E-state index in [4.69, 9.17) is 4.74 Å². The van der Waals surface area contributed by atoms with E-state index in [2.05, 4.69) is 15.2 Å². The number of nitriles is 1. The van der Waals surface area contributed by atoms with Gasteiger partial charge in [-0.25, -0.2) is 9.78 Å². The van der Waals surface area contributed by atoms with Crippen molar-refractivity contribution in [2.45, 2.75) is 0 Å². The van der Waals surface area contributed by atoms with E-state index in [9.17, 15) is 14.9 Å². The van der Waals surface area contributed by atoms with Crippen molar-refractivity contribution in [1.82, 2.24) is 14.1 Å². The highest BCUT2D eigenvalue weighted by atomic mass is 32.1. The Balaban J connectivity index is 1.72. The molecule has 0 atom stereocenters. The van der Waals surface area contributed by atoms with Gasteiger partial charge in [0.05, 0.1) is 23.4 Å². The molecule has 1 fully saturated rings. The van der Waals surface area contributed by atoms with Gasteiger partial charge in [0.15, 0.2) is 10.7 Å². The van der Waals surface area contributed by atoms with Gasteiger partial charge >= 0.3 is 5.69 Å². The lowest BCUT2D eigenvalue weighted by molar-refractivity contribution is 0.122. The quantitative estimate of drug-likeness (QED) is 0.705. The maximum atomic E-state index is 12.2. The molecule has 1 aromatic carbocycles. The molecule has 1 saturated heterocycles. The van der Waals surface area contributed by atoms with Gasteiger partial charge in [0.1, 0.15) is 11.9 Å². The zero-order valence-corrected chi connectivity index (χ0v) is 16.2. The average Bonchev–Trinajstić information content (AvgIpc) is 3.15. The van der Waals surface area contributed by atoms with Crippen molar-refractivity contribution in [2.75, 3.05) is 36.5 Å². The number of morpholine rings is 1. The molecule has 144 valence electrons. The number of ether oxygens (including phenoxy) is 1. The summed E-state index contributed by atoms with van der Waals surface area (Å²) in [4.78, 5) is 31.3. The number of thiazole rings is 1. The van der Waals surface area contributed by atoms with Crippen LogP contribution in [0.1, 0.15) is 5.56 Å². The van der Waals surface area contributed by atoms with Crippen LogP contribution in [0.15, 0.2) is 27.8 Å². The Morgan fingerprint density at radius 2 is 1.96 bits per heavy atom. The van der Waals surface area contributed by atoms with Crippen LogP contribution in [0.4, 0.5) is 16.6 Å². The Hall–Kier alpha value is -3.16. The summed E-state index contributed by atoms with van der Waals surface area (Å²) in [5.74, 6) is 0.174. The Kier molecular flexibility index (Phi) is 4.62. The molecule has 10 heteroatoms. The fraction of sp³-hybridized carbons (Fsp3) is 0.333. The maximum absolute atomic E-state index is 12.2. The molecule has 0 radical (unpaired) electrons. The third-order valence-electron chi connectivity index (χ3n) is 4.70. The van der Waals surface area contributed by atoms with Crippen molar-refractivity contribution in [3.8, 4) is 6.07 Å². The molecule has 0 amide bonds. The predicted molar refractivity (Wildman–Crippen MR) is 108 cm³/mol. The molecule has 1 aliphatic heterocycles. The molecule has 9 nitrogen and oxygen atoms in total. The first-order valence-electron chi connectivity index (χ1n) is 8.70. The summed E-state index contributed by atoms with van der Waals surface area (Å²) in [6.07, 6.45) is 0. The summed E-state index contributed by atoms with van der Waals surface area (Å²) in [5, 5.41) is 13.4. The van der Waals surface area contributed by atoms with Gasteiger partial charge in [0, 0.05) is 32.9 Å². The van der Waals surface area contributed by atoms with Crippen molar-refractivity contribution < 1.29 is 4.74 Å². The first-order valence-corrected chi connectivity index (χ1v) is 9.51. The largest absolute Gasteiger partial charge is 0.378 e. The monoisotopic (exact) mass is 398 g/mol. The van der Waals surface area contributed by atoms with Crippen molar-refractivity contribution in [2.24, 2.45) is 14.1 Å². The van der Waals surface area contributed by atoms with E-state index in [1.54, 1.807) is 11.3 Å². The minimum Gasteiger partial charge on any atom is -0.378 e. The molecule has 0 aliphatic carbocycles. The smallest absolute Gasteiger partial charge is 0.332 e. The second-order valence-electron chi connectivity index (χ2n) is 6.44. The summed E-state index contributed by atoms with van der Waals surface area (Å²) >= 11 is 1.57. The van der Waals surface area contributed by atoms with Gasteiger partial charge in [-0.05, 0) is 18.2 Å². The third-order valence-corrected chi connectivity index (χ3v) is 5.78. The molecule has 2 aromatic heterocycles. The highest BCUT2D eigenvalue weighted by Crippen LogP contribution is 2.32. The van der Waals surface area contributed by atoms with Gasteiger partial charge in [-0.1, -0.05) is 11.3 Å². The first-order chi connectivity index (χ1) is 13.5. The van der Waals surface area contributed by atoms with E-state index in [0.717, 1.165) is 33.0 Å². The van der Waals surface area contributed by atoms with E-state index in [-0.39, 0.29) is 11.4 Å². The Morgan fingerprint density at radius 3 is 2.68 bits per heavy atom. The van der Waals surface area contributed by atoms with E-state index >= 15 is 0 Å². The minimum atomic E-state index is -0.624. The van der Waals surface area contributed by atoms with Crippen LogP contribution in [0.25, 0.3) is 10.2 Å². The maximum Gasteiger partial charge on any atom is 0.332 e. The first kappa shape index (κ1) is 18.2. The average molecular weight is 398 g/mol. The summed E-state index contributed by atoms with van der Waals surface area (Å²) in [5.41, 5.74) is 0.310. The molecule has 1 aliphatic rings. The van der Waals surface area contributed by atoms with Gasteiger partial charge in [-0.2, -0.15) is 5.26 Å². The van der Waals surface area contributed by atoms with Crippen LogP contribution in [-0.4, -0.2) is 40.4 Å². The van der Waals surface area contributed by atoms with E-state index in [1.807, 2.05) is 24.3 Å². The molecule has 28 heavy (non-hydrogen) atoms. The molecule has 3 heterocycles. The molecule has 0 saturated carbocycles. The van der Waals surface area contributed by atoms with E-state index < -0.39 is 11.2 Å². The zero-order chi connectivity index (χ0) is 19.8. The van der Waals surface area contributed by atoms with Crippen LogP contribution in [0.5, 0.6) is 0 Å². The lowest BCUT2D eigenvalue weighted by Gasteiger charge is -2.25. The number of fused-ring (bicyclic) bond motifs is 1. The van der Waals surface area contributed by atoms with Gasteiger partial charge < -0.3 is 15.0 Å². The van der Waals surface area contributed by atoms with Crippen molar-refractivity contribution in [1.29, 1.82) is 5.26 Å². The van der Waals surface area contributed by atoms with Crippen molar-refractivity contribution in [3.05, 3.63) is 44.6 Å². The second-order valence-corrected chi connectivity index (χ2v) is 7.45. The van der Waals surface area contributed by atoms with Crippen LogP contribution in [-0.2, 0) is 18.8 Å². The molecule has 0 spiro atoms. The summed E-state index contributed by atoms with van der Waals surface area (Å²) in [7, 11) is 2.87. The number of anilines is 3. The number of hydrogen-bond donors (Lipinski definition) is 1. The Labute approximate surface area is 164 Å².